The molecule has 0 unspecified atom stereocenters. The van der Waals surface area contributed by atoms with Gasteiger partial charge in [0.1, 0.15) is 0 Å². The fourth-order valence-electron chi connectivity index (χ4n) is 1.61. The molecule has 3 N–H and O–H groups in total. The Morgan fingerprint density at radius 1 is 1.30 bits per heavy atom. The monoisotopic (exact) mass is 312 g/mol. The van der Waals surface area contributed by atoms with E-state index in [2.05, 4.69) is 16.6 Å². The van der Waals surface area contributed by atoms with Crippen LogP contribution in [0.5, 0.6) is 0 Å². The van der Waals surface area contributed by atoms with Gasteiger partial charge in [-0.2, -0.15) is 11.8 Å². The summed E-state index contributed by atoms with van der Waals surface area (Å²) in [4.78, 5) is 0.214. The maximum atomic E-state index is 12.2. The molecule has 0 spiro atoms. The standard InChI is InChI=1S/C14H20N2O2S2/c1-19-12-5-4-11-16-20(17,18)14-9-3-2-7-13(14)8-6-10-15/h2-3,7,9,16H,4-5,10-12,15H2,1H3. The SMILES string of the molecule is CSCCCCNS(=O)(=O)c1ccccc1C#CCN. The largest absolute Gasteiger partial charge is 0.320 e. The highest BCUT2D eigenvalue weighted by molar-refractivity contribution is 7.98. The Morgan fingerprint density at radius 2 is 2.05 bits per heavy atom. The molecule has 20 heavy (non-hydrogen) atoms. The van der Waals surface area contributed by atoms with E-state index in [1.807, 2.05) is 6.26 Å². The van der Waals surface area contributed by atoms with E-state index >= 15 is 0 Å². The second-order valence-electron chi connectivity index (χ2n) is 4.10. The van der Waals surface area contributed by atoms with Gasteiger partial charge in [-0.1, -0.05) is 24.0 Å². The number of rotatable bonds is 7. The summed E-state index contributed by atoms with van der Waals surface area (Å²) in [5.74, 6) is 6.52. The highest BCUT2D eigenvalue weighted by atomic mass is 32.2. The van der Waals surface area contributed by atoms with Crippen LogP contribution in [0.1, 0.15) is 18.4 Å². The van der Waals surface area contributed by atoms with Gasteiger partial charge < -0.3 is 5.73 Å². The summed E-state index contributed by atoms with van der Waals surface area (Å²) in [6.45, 7) is 0.651. The van der Waals surface area contributed by atoms with E-state index in [1.165, 1.54) is 0 Å². The van der Waals surface area contributed by atoms with Crippen molar-refractivity contribution in [1.29, 1.82) is 0 Å². The predicted octanol–water partition coefficient (Wildman–Crippen LogP) is 1.42. The normalized spacial score (nSPS) is 10.9. The van der Waals surface area contributed by atoms with Gasteiger partial charge in [0, 0.05) is 12.1 Å². The van der Waals surface area contributed by atoms with Crippen molar-refractivity contribution >= 4 is 21.8 Å². The second-order valence-corrected chi connectivity index (χ2v) is 6.82. The maximum Gasteiger partial charge on any atom is 0.241 e. The van der Waals surface area contributed by atoms with Crippen LogP contribution in [0, 0.1) is 11.8 Å². The van der Waals surface area contributed by atoms with Gasteiger partial charge in [-0.3, -0.25) is 0 Å². The first-order valence-electron chi connectivity index (χ1n) is 6.38. The Bertz CT molecular complexity index is 574. The molecular weight excluding hydrogens is 292 g/mol. The Balaban J connectivity index is 2.77. The lowest BCUT2D eigenvalue weighted by Gasteiger charge is -2.08. The average molecular weight is 312 g/mol. The number of unbranched alkanes of at least 4 members (excludes halogenated alkanes) is 1. The number of thioether (sulfide) groups is 1. The smallest absolute Gasteiger partial charge is 0.241 e. The van der Waals surface area contributed by atoms with Crippen molar-refractivity contribution in [2.45, 2.75) is 17.7 Å². The van der Waals surface area contributed by atoms with Gasteiger partial charge in [0.05, 0.1) is 11.4 Å². The predicted molar refractivity (Wildman–Crippen MR) is 85.2 cm³/mol. The molecule has 0 aliphatic heterocycles. The molecule has 0 aliphatic carbocycles. The fourth-order valence-corrected chi connectivity index (χ4v) is 3.33. The van der Waals surface area contributed by atoms with Crippen LogP contribution in [0.3, 0.4) is 0 Å². The molecule has 0 radical (unpaired) electrons. The molecule has 0 saturated heterocycles. The lowest BCUT2D eigenvalue weighted by molar-refractivity contribution is 0.578. The Labute approximate surface area is 125 Å². The minimum atomic E-state index is -3.51. The van der Waals surface area contributed by atoms with Crippen molar-refractivity contribution in [2.75, 3.05) is 25.1 Å². The topological polar surface area (TPSA) is 72.2 Å². The minimum absolute atomic E-state index is 0.205. The molecule has 0 amide bonds. The Morgan fingerprint density at radius 3 is 2.75 bits per heavy atom. The zero-order valence-corrected chi connectivity index (χ0v) is 13.2. The zero-order chi connectivity index (χ0) is 14.8. The minimum Gasteiger partial charge on any atom is -0.320 e. The van der Waals surface area contributed by atoms with E-state index in [9.17, 15) is 8.42 Å². The van der Waals surface area contributed by atoms with Crippen molar-refractivity contribution in [2.24, 2.45) is 5.73 Å². The summed E-state index contributed by atoms with van der Waals surface area (Å²) in [5.41, 5.74) is 5.80. The van der Waals surface area contributed by atoms with E-state index in [0.29, 0.717) is 12.1 Å². The summed E-state index contributed by atoms with van der Waals surface area (Å²) in [5, 5.41) is 0. The van der Waals surface area contributed by atoms with Crippen LogP contribution in [-0.4, -0.2) is 33.5 Å². The number of sulfonamides is 1. The van der Waals surface area contributed by atoms with E-state index in [0.717, 1.165) is 18.6 Å². The van der Waals surface area contributed by atoms with Crippen LogP contribution in [0.4, 0.5) is 0 Å². The second kappa shape index (κ2) is 9.03. The summed E-state index contributed by atoms with van der Waals surface area (Å²) in [6.07, 6.45) is 3.87. The van der Waals surface area contributed by atoms with Gasteiger partial charge in [0.15, 0.2) is 0 Å². The zero-order valence-electron chi connectivity index (χ0n) is 11.6. The molecule has 1 rings (SSSR count). The first-order chi connectivity index (χ1) is 9.61. The van der Waals surface area contributed by atoms with Crippen molar-refractivity contribution in [3.8, 4) is 11.8 Å². The summed E-state index contributed by atoms with van der Waals surface area (Å²) in [7, 11) is -3.51. The molecule has 0 aliphatic rings. The summed E-state index contributed by atoms with van der Waals surface area (Å²) in [6, 6.07) is 6.70. The van der Waals surface area contributed by atoms with Crippen molar-refractivity contribution in [3.05, 3.63) is 29.8 Å². The van der Waals surface area contributed by atoms with Gasteiger partial charge in [-0.05, 0) is 37.0 Å². The van der Waals surface area contributed by atoms with Gasteiger partial charge in [-0.25, -0.2) is 13.1 Å². The Hall–Kier alpha value is -1.00. The van der Waals surface area contributed by atoms with Gasteiger partial charge in [-0.15, -0.1) is 0 Å². The van der Waals surface area contributed by atoms with E-state index in [1.54, 1.807) is 36.0 Å². The molecule has 110 valence electrons. The first-order valence-corrected chi connectivity index (χ1v) is 9.26. The Kier molecular flexibility index (Phi) is 7.70. The van der Waals surface area contributed by atoms with Crippen LogP contribution in [-0.2, 0) is 10.0 Å². The van der Waals surface area contributed by atoms with Crippen molar-refractivity contribution in [3.63, 3.8) is 0 Å². The molecular formula is C14H20N2O2S2. The maximum absolute atomic E-state index is 12.2. The van der Waals surface area contributed by atoms with Crippen LogP contribution in [0.15, 0.2) is 29.2 Å². The van der Waals surface area contributed by atoms with E-state index in [4.69, 9.17) is 5.73 Å². The number of hydrogen-bond acceptors (Lipinski definition) is 4. The summed E-state index contributed by atoms with van der Waals surface area (Å²) >= 11 is 1.76. The van der Waals surface area contributed by atoms with Crippen LogP contribution < -0.4 is 10.5 Å². The van der Waals surface area contributed by atoms with Crippen molar-refractivity contribution in [1.82, 2.24) is 4.72 Å². The van der Waals surface area contributed by atoms with Gasteiger partial charge >= 0.3 is 0 Å². The number of benzene rings is 1. The lowest BCUT2D eigenvalue weighted by Crippen LogP contribution is -2.25. The van der Waals surface area contributed by atoms with Crippen molar-refractivity contribution < 1.29 is 8.42 Å². The molecule has 0 atom stereocenters. The fraction of sp³-hybridized carbons (Fsp3) is 0.429. The molecule has 0 heterocycles. The molecule has 6 heteroatoms. The van der Waals surface area contributed by atoms with Gasteiger partial charge in [0.25, 0.3) is 0 Å². The molecule has 0 bridgehead atoms. The molecule has 4 nitrogen and oxygen atoms in total. The van der Waals surface area contributed by atoms with Crippen LogP contribution in [0.2, 0.25) is 0 Å². The number of hydrogen-bond donors (Lipinski definition) is 2. The molecule has 0 fully saturated rings. The van der Waals surface area contributed by atoms with Crippen LogP contribution >= 0.6 is 11.8 Å². The molecule has 0 aromatic heterocycles. The van der Waals surface area contributed by atoms with E-state index < -0.39 is 10.0 Å². The highest BCUT2D eigenvalue weighted by Gasteiger charge is 2.16. The third kappa shape index (κ3) is 5.55. The number of nitrogens with two attached hydrogens (primary N) is 1. The quantitative estimate of drug-likeness (QED) is 0.590. The highest BCUT2D eigenvalue weighted by Crippen LogP contribution is 2.14. The number of nitrogens with one attached hydrogen (secondary N) is 1. The van der Waals surface area contributed by atoms with Crippen LogP contribution in [0.25, 0.3) is 0 Å². The summed E-state index contributed by atoms with van der Waals surface area (Å²) < 4.78 is 27.1. The average Bonchev–Trinajstić information content (AvgIpc) is 2.45. The van der Waals surface area contributed by atoms with Gasteiger partial charge in [0.2, 0.25) is 10.0 Å². The third-order valence-corrected chi connectivity index (χ3v) is 4.79. The molecule has 1 aromatic rings. The molecule has 1 aromatic carbocycles. The molecule has 0 saturated carbocycles. The van der Waals surface area contributed by atoms with E-state index in [-0.39, 0.29) is 11.4 Å². The third-order valence-electron chi connectivity index (χ3n) is 2.57. The lowest BCUT2D eigenvalue weighted by atomic mass is 10.2. The first kappa shape index (κ1) is 17.1.